The summed E-state index contributed by atoms with van der Waals surface area (Å²) < 4.78 is 5.28. The second-order valence-electron chi connectivity index (χ2n) is 10.00. The van der Waals surface area contributed by atoms with Crippen molar-refractivity contribution in [1.29, 1.82) is 0 Å². The molecule has 3 atom stereocenters. The zero-order chi connectivity index (χ0) is 25.8. The van der Waals surface area contributed by atoms with Gasteiger partial charge in [-0.2, -0.15) is 0 Å². The molecule has 0 spiro atoms. The number of piperazine rings is 1. The van der Waals surface area contributed by atoms with E-state index in [1.54, 1.807) is 12.1 Å². The van der Waals surface area contributed by atoms with Gasteiger partial charge in [-0.1, -0.05) is 48.5 Å². The van der Waals surface area contributed by atoms with Crippen molar-refractivity contribution in [2.45, 2.75) is 12.5 Å². The average Bonchev–Trinajstić information content (AvgIpc) is 3.28. The van der Waals surface area contributed by atoms with Crippen molar-refractivity contribution >= 4 is 23.4 Å². The number of benzene rings is 2. The summed E-state index contributed by atoms with van der Waals surface area (Å²) in [5, 5.41) is 1.61. The standard InChI is InChI=1S/C28H35N5O4/c1-37-17-16-30-19-23(26-24(20-30)28(36)33(29-26)22-10-6-3-7-11-22)27(35)32-14-12-31(13-15-32)25(34)18-21-8-4-2-5-9-21/h2-11,23-24,26,29H,12-20H2,1H3. The molecule has 3 fully saturated rings. The van der Waals surface area contributed by atoms with Crippen LogP contribution in [0, 0.1) is 11.8 Å². The fraction of sp³-hybridized carbons (Fsp3) is 0.464. The number of methoxy groups -OCH3 is 1. The van der Waals surface area contributed by atoms with E-state index in [4.69, 9.17) is 4.74 Å². The number of hydrogen-bond acceptors (Lipinski definition) is 6. The molecule has 2 aromatic rings. The number of hydrogen-bond donors (Lipinski definition) is 1. The first kappa shape index (κ1) is 25.4. The second kappa shape index (κ2) is 11.4. The molecule has 3 heterocycles. The number of carbonyl (C=O) groups excluding carboxylic acids is 3. The number of fused-ring (bicyclic) bond motifs is 1. The van der Waals surface area contributed by atoms with Crippen LogP contribution in [0.25, 0.3) is 0 Å². The number of piperidine rings is 1. The molecule has 0 aromatic heterocycles. The molecule has 0 radical (unpaired) electrons. The van der Waals surface area contributed by atoms with Gasteiger partial charge >= 0.3 is 0 Å². The molecule has 196 valence electrons. The van der Waals surface area contributed by atoms with Gasteiger partial charge in [0.1, 0.15) is 0 Å². The van der Waals surface area contributed by atoms with E-state index >= 15 is 0 Å². The van der Waals surface area contributed by atoms with Gasteiger partial charge in [0.2, 0.25) is 17.7 Å². The highest BCUT2D eigenvalue weighted by Gasteiger charge is 2.51. The number of amides is 3. The van der Waals surface area contributed by atoms with Crippen LogP contribution in [-0.2, 0) is 25.5 Å². The fourth-order valence-corrected chi connectivity index (χ4v) is 5.64. The van der Waals surface area contributed by atoms with Gasteiger partial charge in [0.05, 0.1) is 36.6 Å². The number of nitrogens with zero attached hydrogens (tertiary/aromatic N) is 4. The van der Waals surface area contributed by atoms with Crippen LogP contribution in [0.3, 0.4) is 0 Å². The summed E-state index contributed by atoms with van der Waals surface area (Å²) in [7, 11) is 1.66. The molecule has 37 heavy (non-hydrogen) atoms. The lowest BCUT2D eigenvalue weighted by Crippen LogP contribution is -2.60. The number of nitrogens with one attached hydrogen (secondary N) is 1. The summed E-state index contributed by atoms with van der Waals surface area (Å²) in [6, 6.07) is 19.0. The molecule has 3 aliphatic rings. The third-order valence-electron chi connectivity index (χ3n) is 7.68. The van der Waals surface area contributed by atoms with Gasteiger partial charge in [-0.25, -0.2) is 10.4 Å². The number of hydrazine groups is 1. The number of para-hydroxylation sites is 1. The van der Waals surface area contributed by atoms with Crippen LogP contribution < -0.4 is 10.4 Å². The number of ether oxygens (including phenoxy) is 1. The minimum atomic E-state index is -0.361. The van der Waals surface area contributed by atoms with Crippen molar-refractivity contribution < 1.29 is 19.1 Å². The van der Waals surface area contributed by atoms with Crippen molar-refractivity contribution in [3.63, 3.8) is 0 Å². The Morgan fingerprint density at radius 1 is 0.919 bits per heavy atom. The minimum absolute atomic E-state index is 0.00700. The first-order chi connectivity index (χ1) is 18.0. The summed E-state index contributed by atoms with van der Waals surface area (Å²) in [5.41, 5.74) is 5.15. The topological polar surface area (TPSA) is 85.4 Å². The molecule has 9 heteroatoms. The SMILES string of the molecule is COCCN1CC(C(=O)N2CCN(C(=O)Cc3ccccc3)CC2)C2NN(c3ccccc3)C(=O)C2C1. The molecule has 3 amide bonds. The lowest BCUT2D eigenvalue weighted by Gasteiger charge is -2.42. The lowest BCUT2D eigenvalue weighted by atomic mass is 9.83. The van der Waals surface area contributed by atoms with E-state index in [2.05, 4.69) is 10.3 Å². The first-order valence-electron chi connectivity index (χ1n) is 13.0. The van der Waals surface area contributed by atoms with Crippen LogP contribution in [0.15, 0.2) is 60.7 Å². The second-order valence-corrected chi connectivity index (χ2v) is 10.00. The van der Waals surface area contributed by atoms with Crippen LogP contribution in [0.1, 0.15) is 5.56 Å². The fourth-order valence-electron chi connectivity index (χ4n) is 5.64. The van der Waals surface area contributed by atoms with Crippen LogP contribution in [0.4, 0.5) is 5.69 Å². The van der Waals surface area contributed by atoms with Crippen molar-refractivity contribution in [3.8, 4) is 0 Å². The zero-order valence-corrected chi connectivity index (χ0v) is 21.3. The molecule has 0 aliphatic carbocycles. The number of carbonyl (C=O) groups is 3. The van der Waals surface area contributed by atoms with E-state index in [-0.39, 0.29) is 35.6 Å². The van der Waals surface area contributed by atoms with Crippen LogP contribution >= 0.6 is 0 Å². The molecule has 1 N–H and O–H groups in total. The lowest BCUT2D eigenvalue weighted by molar-refractivity contribution is -0.145. The molecule has 2 aromatic carbocycles. The molecule has 3 unspecified atom stereocenters. The Hall–Kier alpha value is -3.27. The average molecular weight is 506 g/mol. The molecule has 9 nitrogen and oxygen atoms in total. The molecule has 0 bridgehead atoms. The summed E-state index contributed by atoms with van der Waals surface area (Å²) in [6.07, 6.45) is 0.372. The Kier molecular flexibility index (Phi) is 7.83. The highest BCUT2D eigenvalue weighted by atomic mass is 16.5. The largest absolute Gasteiger partial charge is 0.383 e. The van der Waals surface area contributed by atoms with Gasteiger partial charge in [-0.3, -0.25) is 19.3 Å². The molecule has 0 saturated carbocycles. The van der Waals surface area contributed by atoms with E-state index < -0.39 is 0 Å². The minimum Gasteiger partial charge on any atom is -0.383 e. The number of anilines is 1. The highest BCUT2D eigenvalue weighted by Crippen LogP contribution is 2.32. The quantitative estimate of drug-likeness (QED) is 0.605. The maximum absolute atomic E-state index is 13.8. The van der Waals surface area contributed by atoms with Gasteiger partial charge in [-0.05, 0) is 17.7 Å². The monoisotopic (exact) mass is 505 g/mol. The smallest absolute Gasteiger partial charge is 0.247 e. The molecule has 3 aliphatic heterocycles. The van der Waals surface area contributed by atoms with E-state index in [0.29, 0.717) is 58.8 Å². The predicted molar refractivity (Wildman–Crippen MR) is 139 cm³/mol. The van der Waals surface area contributed by atoms with Gasteiger partial charge < -0.3 is 14.5 Å². The van der Waals surface area contributed by atoms with Gasteiger partial charge in [0.25, 0.3) is 0 Å². The summed E-state index contributed by atoms with van der Waals surface area (Å²) in [6.45, 7) is 4.42. The summed E-state index contributed by atoms with van der Waals surface area (Å²) in [5.74, 6) is -0.549. The van der Waals surface area contributed by atoms with Gasteiger partial charge in [0.15, 0.2) is 0 Å². The normalized spacial score (nSPS) is 24.3. The van der Waals surface area contributed by atoms with Crippen molar-refractivity contribution in [1.82, 2.24) is 20.1 Å². The highest BCUT2D eigenvalue weighted by molar-refractivity contribution is 5.98. The number of likely N-dealkylation sites (tertiary alicyclic amines) is 1. The van der Waals surface area contributed by atoms with E-state index in [1.165, 1.54) is 0 Å². The summed E-state index contributed by atoms with van der Waals surface area (Å²) in [4.78, 5) is 45.9. The Morgan fingerprint density at radius 3 is 2.24 bits per heavy atom. The van der Waals surface area contributed by atoms with E-state index in [0.717, 1.165) is 11.3 Å². The van der Waals surface area contributed by atoms with E-state index in [9.17, 15) is 14.4 Å². The van der Waals surface area contributed by atoms with Gasteiger partial charge in [0, 0.05) is 52.9 Å². The summed E-state index contributed by atoms with van der Waals surface area (Å²) >= 11 is 0. The Balaban J connectivity index is 1.26. The maximum Gasteiger partial charge on any atom is 0.247 e. The van der Waals surface area contributed by atoms with E-state index in [1.807, 2.05) is 70.5 Å². The predicted octanol–water partition coefficient (Wildman–Crippen LogP) is 1.01. The van der Waals surface area contributed by atoms with Crippen molar-refractivity contribution in [2.75, 3.05) is 64.5 Å². The third kappa shape index (κ3) is 5.53. The molecule has 5 rings (SSSR count). The Bertz CT molecular complexity index is 1090. The molecular weight excluding hydrogens is 470 g/mol. The Morgan fingerprint density at radius 2 is 1.57 bits per heavy atom. The van der Waals surface area contributed by atoms with Crippen molar-refractivity contribution in [3.05, 3.63) is 66.2 Å². The van der Waals surface area contributed by atoms with Crippen LogP contribution in [0.2, 0.25) is 0 Å². The van der Waals surface area contributed by atoms with Crippen LogP contribution in [-0.4, -0.2) is 98.0 Å². The number of rotatable bonds is 7. The molecular formula is C28H35N5O4. The molecule has 3 saturated heterocycles. The van der Waals surface area contributed by atoms with Gasteiger partial charge in [-0.15, -0.1) is 0 Å². The Labute approximate surface area is 217 Å². The third-order valence-corrected chi connectivity index (χ3v) is 7.68. The maximum atomic E-state index is 13.8. The van der Waals surface area contributed by atoms with Crippen LogP contribution in [0.5, 0.6) is 0 Å². The first-order valence-corrected chi connectivity index (χ1v) is 13.0. The van der Waals surface area contributed by atoms with Crippen molar-refractivity contribution in [2.24, 2.45) is 11.8 Å². The zero-order valence-electron chi connectivity index (χ0n) is 21.3.